The van der Waals surface area contributed by atoms with E-state index in [2.05, 4.69) is 61.5 Å². The average molecular weight is 808 g/mol. The molecule has 5 rings (SSSR count). The van der Waals surface area contributed by atoms with Crippen molar-refractivity contribution in [1.29, 1.82) is 0 Å². The maximum atomic E-state index is 13.0. The number of hydrogen-bond acceptors (Lipinski definition) is 2. The van der Waals surface area contributed by atoms with E-state index in [9.17, 15) is 21.7 Å². The number of benzene rings is 5. The molecule has 0 amide bonds. The first kappa shape index (κ1) is 35.3. The third kappa shape index (κ3) is 11.0. The number of hydrogen-bond donors (Lipinski definition) is 0. The molecule has 5 aromatic carbocycles. The molecule has 0 aromatic heterocycles. The second-order valence-electron chi connectivity index (χ2n) is 9.80. The van der Waals surface area contributed by atoms with E-state index in [4.69, 9.17) is 23.2 Å². The Balaban J connectivity index is 0.000000591. The van der Waals surface area contributed by atoms with Gasteiger partial charge in [0.1, 0.15) is 0 Å². The summed E-state index contributed by atoms with van der Waals surface area (Å²) < 4.78 is 59.6. The Kier molecular flexibility index (Phi) is 10.4. The van der Waals surface area contributed by atoms with Gasteiger partial charge in [-0.25, -0.2) is 0 Å². The van der Waals surface area contributed by atoms with Gasteiger partial charge in [-0.2, -0.15) is 0 Å². The van der Waals surface area contributed by atoms with Crippen LogP contribution in [0, 0.1) is 13.8 Å². The summed E-state index contributed by atoms with van der Waals surface area (Å²) in [6.07, 6.45) is 0. The number of carbonyl (C=O) groups is 1. The summed E-state index contributed by atoms with van der Waals surface area (Å²) in [6, 6.07) is 38.3. The standard InChI is InChI=1S/C33H25Cl2OS2.6FH.Sb/c1-22-23(2)32(21-20-31(22)33(36)24-6-4-3-5-7-24)37-27-12-18-30(19-13-27)38(28-14-8-25(34)9-15-28)29-16-10-26(35)11-17-29;;;;;;;/h3-21H,1-2H3;6*1H;/q+1;;;;;;;+5/p-6. The second kappa shape index (κ2) is 13.3. The zero-order valence-electron chi connectivity index (χ0n) is 23.7. The maximum absolute atomic E-state index is 13.0. The van der Waals surface area contributed by atoms with Crippen LogP contribution in [0.25, 0.3) is 0 Å². The van der Waals surface area contributed by atoms with Crippen molar-refractivity contribution in [2.45, 2.75) is 38.3 Å². The van der Waals surface area contributed by atoms with Gasteiger partial charge in [-0.1, -0.05) is 65.3 Å². The van der Waals surface area contributed by atoms with Crippen molar-refractivity contribution in [3.63, 3.8) is 0 Å². The van der Waals surface area contributed by atoms with Gasteiger partial charge in [0.15, 0.2) is 20.5 Å². The summed E-state index contributed by atoms with van der Waals surface area (Å²) in [5.74, 6) is 0.0588. The zero-order valence-corrected chi connectivity index (χ0v) is 29.4. The first-order chi connectivity index (χ1) is 20.9. The van der Waals surface area contributed by atoms with Crippen LogP contribution >= 0.6 is 35.0 Å². The zero-order chi connectivity index (χ0) is 33.1. The Morgan fingerprint density at radius 3 is 1.47 bits per heavy atom. The predicted molar refractivity (Wildman–Crippen MR) is 174 cm³/mol. The Morgan fingerprint density at radius 1 is 0.600 bits per heavy atom. The third-order valence-corrected chi connectivity index (χ3v) is 10.3. The molecular weight excluding hydrogens is 783 g/mol. The molecule has 0 unspecified atom stereocenters. The Labute approximate surface area is 276 Å². The van der Waals surface area contributed by atoms with Crippen molar-refractivity contribution in [2.75, 3.05) is 0 Å². The summed E-state index contributed by atoms with van der Waals surface area (Å²) in [7, 11) is -0.285. The molecule has 0 aliphatic carbocycles. The van der Waals surface area contributed by atoms with Gasteiger partial charge < -0.3 is 0 Å². The van der Waals surface area contributed by atoms with Crippen molar-refractivity contribution in [1.82, 2.24) is 0 Å². The van der Waals surface area contributed by atoms with Gasteiger partial charge in [0, 0.05) is 31.0 Å². The Bertz CT molecular complexity index is 1750. The molecular formula is C33H25Cl2F6OS2Sb. The minimum absolute atomic E-state index is 0.0588. The fourth-order valence-corrected chi connectivity index (χ4v) is 7.48. The van der Waals surface area contributed by atoms with Gasteiger partial charge in [0.25, 0.3) is 0 Å². The van der Waals surface area contributed by atoms with E-state index in [-0.39, 0.29) is 16.7 Å². The molecule has 12 heteroatoms. The van der Waals surface area contributed by atoms with Gasteiger partial charge in [-0.3, -0.25) is 4.79 Å². The fraction of sp³-hybridized carbons (Fsp3) is 0.0606. The minimum atomic E-state index is -11.2. The topological polar surface area (TPSA) is 17.1 Å². The second-order valence-corrected chi connectivity index (χ2v) is 19.3. The molecule has 0 radical (unpaired) electrons. The van der Waals surface area contributed by atoms with Crippen LogP contribution in [0.1, 0.15) is 27.0 Å². The van der Waals surface area contributed by atoms with Crippen LogP contribution in [0.15, 0.2) is 140 Å². The molecule has 0 aliphatic rings. The molecule has 0 aliphatic heterocycles. The third-order valence-electron chi connectivity index (χ3n) is 6.40. The molecule has 0 saturated heterocycles. The first-order valence-corrected chi connectivity index (χ1v) is 21.7. The monoisotopic (exact) mass is 806 g/mol. The molecule has 45 heavy (non-hydrogen) atoms. The molecule has 0 spiro atoms. The summed E-state index contributed by atoms with van der Waals surface area (Å²) in [5.41, 5.74) is 3.61. The van der Waals surface area contributed by atoms with Crippen LogP contribution < -0.4 is 0 Å². The van der Waals surface area contributed by atoms with Crippen molar-refractivity contribution in [3.8, 4) is 0 Å². The summed E-state index contributed by atoms with van der Waals surface area (Å²) >= 11 is 2.81. The van der Waals surface area contributed by atoms with E-state index in [1.807, 2.05) is 67.6 Å². The molecule has 236 valence electrons. The Hall–Kier alpha value is -2.55. The molecule has 1 nitrogen and oxygen atoms in total. The van der Waals surface area contributed by atoms with Gasteiger partial charge in [-0.05, 0) is 110 Å². The first-order valence-electron chi connectivity index (χ1n) is 13.2. The SMILES string of the molecule is Cc1c(Sc2ccc([S+](c3ccc(Cl)cc3)c3ccc(Cl)cc3)cc2)ccc(C(=O)c2ccccc2)c1C.[F][Sb-]([F])([F])([F])([F])[F]. The molecule has 0 heterocycles. The van der Waals surface area contributed by atoms with Crippen molar-refractivity contribution < 1.29 is 21.7 Å². The van der Waals surface area contributed by atoms with Crippen molar-refractivity contribution in [3.05, 3.63) is 148 Å². The summed E-state index contributed by atoms with van der Waals surface area (Å²) in [5, 5.41) is 1.45. The van der Waals surface area contributed by atoms with E-state index >= 15 is 0 Å². The van der Waals surface area contributed by atoms with E-state index < -0.39 is 19.5 Å². The van der Waals surface area contributed by atoms with Crippen LogP contribution in [0.2, 0.25) is 10.0 Å². The normalized spacial score (nSPS) is 13.0. The molecule has 0 atom stereocenters. The molecule has 0 bridgehead atoms. The molecule has 0 N–H and O–H groups in total. The molecule has 0 saturated carbocycles. The van der Waals surface area contributed by atoms with Crippen LogP contribution in [-0.2, 0) is 10.9 Å². The van der Waals surface area contributed by atoms with Crippen LogP contribution in [-0.4, -0.2) is 25.3 Å². The van der Waals surface area contributed by atoms with Crippen LogP contribution in [0.5, 0.6) is 0 Å². The summed E-state index contributed by atoms with van der Waals surface area (Å²) in [4.78, 5) is 18.9. The van der Waals surface area contributed by atoms with Crippen LogP contribution in [0.3, 0.4) is 0 Å². The van der Waals surface area contributed by atoms with Crippen molar-refractivity contribution in [2.24, 2.45) is 0 Å². The van der Waals surface area contributed by atoms with Crippen molar-refractivity contribution >= 4 is 71.1 Å². The number of carbonyl (C=O) groups excluding carboxylic acids is 1. The van der Waals surface area contributed by atoms with Crippen LogP contribution in [0.4, 0.5) is 16.9 Å². The van der Waals surface area contributed by atoms with Gasteiger partial charge in [0.05, 0.1) is 10.9 Å². The molecule has 5 aromatic rings. The van der Waals surface area contributed by atoms with E-state index in [1.165, 1.54) is 14.7 Å². The summed E-state index contributed by atoms with van der Waals surface area (Å²) in [6.45, 7) is 4.12. The number of rotatable bonds is 7. The van der Waals surface area contributed by atoms with Gasteiger partial charge >= 0.3 is 36.4 Å². The molecule has 0 fully saturated rings. The quantitative estimate of drug-likeness (QED) is 0.0705. The van der Waals surface area contributed by atoms with Gasteiger partial charge in [0.2, 0.25) is 0 Å². The predicted octanol–water partition coefficient (Wildman–Crippen LogP) is 12.2. The fourth-order valence-electron chi connectivity index (χ4n) is 4.22. The number of halogens is 8. The number of ketones is 1. The Morgan fingerprint density at radius 2 is 1.02 bits per heavy atom. The van der Waals surface area contributed by atoms with Gasteiger partial charge in [-0.15, -0.1) is 0 Å². The van der Waals surface area contributed by atoms with E-state index in [1.54, 1.807) is 11.8 Å². The van der Waals surface area contributed by atoms with E-state index in [0.717, 1.165) is 36.5 Å². The average Bonchev–Trinajstić information content (AvgIpc) is 2.97. The van der Waals surface area contributed by atoms with E-state index in [0.29, 0.717) is 5.56 Å².